The van der Waals surface area contributed by atoms with Crippen molar-refractivity contribution in [2.24, 2.45) is 0 Å². The molecule has 2 unspecified atom stereocenters. The molecule has 9 nitrogen and oxygen atoms in total. The van der Waals surface area contributed by atoms with E-state index in [1.54, 1.807) is 50.8 Å². The first-order valence-electron chi connectivity index (χ1n) is 14.9. The number of imide groups is 1. The zero-order chi connectivity index (χ0) is 34.7. The van der Waals surface area contributed by atoms with Gasteiger partial charge in [-0.15, -0.1) is 0 Å². The Morgan fingerprint density at radius 2 is 1.72 bits per heavy atom. The van der Waals surface area contributed by atoms with Gasteiger partial charge in [-0.25, -0.2) is 4.79 Å². The second kappa shape index (κ2) is 11.8. The number of alkyl halides is 6. The Kier molecular flexibility index (Phi) is 8.52. The average molecular weight is 669 g/mol. The van der Waals surface area contributed by atoms with Crippen LogP contribution in [0.25, 0.3) is 6.08 Å². The SMILES string of the molecule is C/C=C\c1cc(C(O)(C(F)(F)F)C(F)(F)F)ccc1N1CC(C)N(C(=O)CN2C(=O)N[C@@](C)(c3ccc4c(c3)CCO4)C2=O)CC1C. The Morgan fingerprint density at radius 3 is 2.36 bits per heavy atom. The van der Waals surface area contributed by atoms with E-state index >= 15 is 0 Å². The summed E-state index contributed by atoms with van der Waals surface area (Å²) in [6.07, 6.45) is -8.62. The van der Waals surface area contributed by atoms with Crippen LogP contribution in [0.15, 0.2) is 42.5 Å². The van der Waals surface area contributed by atoms with Crippen molar-refractivity contribution in [2.45, 2.75) is 69.7 Å². The normalized spacial score (nSPS) is 23.8. The van der Waals surface area contributed by atoms with Gasteiger partial charge in [0.2, 0.25) is 5.91 Å². The Hall–Kier alpha value is -4.27. The van der Waals surface area contributed by atoms with Gasteiger partial charge in [-0.3, -0.25) is 14.5 Å². The van der Waals surface area contributed by atoms with E-state index in [0.29, 0.717) is 42.2 Å². The van der Waals surface area contributed by atoms with E-state index in [-0.39, 0.29) is 18.7 Å². The van der Waals surface area contributed by atoms with Crippen LogP contribution in [-0.4, -0.2) is 83.4 Å². The summed E-state index contributed by atoms with van der Waals surface area (Å²) in [6.45, 7) is 6.74. The Labute approximate surface area is 266 Å². The summed E-state index contributed by atoms with van der Waals surface area (Å²) in [5.41, 5.74) is -6.09. The highest BCUT2D eigenvalue weighted by Crippen LogP contribution is 2.50. The summed E-state index contributed by atoms with van der Waals surface area (Å²) in [5.74, 6) is -0.396. The molecule has 3 aliphatic heterocycles. The van der Waals surface area contributed by atoms with E-state index < -0.39 is 65.5 Å². The number of piperazine rings is 1. The molecule has 2 aromatic rings. The molecule has 0 bridgehead atoms. The lowest BCUT2D eigenvalue weighted by Gasteiger charge is -2.46. The number of carbonyl (C=O) groups excluding carboxylic acids is 3. The molecule has 0 aliphatic carbocycles. The van der Waals surface area contributed by atoms with Crippen LogP contribution in [0.3, 0.4) is 0 Å². The van der Waals surface area contributed by atoms with E-state index in [0.717, 1.165) is 16.5 Å². The molecule has 254 valence electrons. The third-order valence-electron chi connectivity index (χ3n) is 9.06. The summed E-state index contributed by atoms with van der Waals surface area (Å²) in [6, 6.07) is 5.85. The van der Waals surface area contributed by atoms with Gasteiger partial charge in [-0.2, -0.15) is 26.3 Å². The number of nitrogens with zero attached hydrogens (tertiary/aromatic N) is 3. The van der Waals surface area contributed by atoms with E-state index in [1.165, 1.54) is 17.1 Å². The minimum atomic E-state index is -6.03. The van der Waals surface area contributed by atoms with E-state index in [9.17, 15) is 45.8 Å². The lowest BCUT2D eigenvalue weighted by atomic mass is 9.89. The zero-order valence-electron chi connectivity index (χ0n) is 26.0. The standard InChI is InChI=1S/C32H34F6N4O5/c1-5-6-20-13-23(30(46,31(33,34)35)32(36,37)38)7-9-24(20)40-15-19(3)41(16-18(40)2)26(43)17-42-27(44)29(4,39-28(42)45)22-8-10-25-21(14-22)11-12-47-25/h5-10,13-14,18-19,46H,11-12,15-17H2,1-4H3,(H,39,45)/b6-5-/t18?,19?,29-/m0/s1. The molecule has 2 fully saturated rings. The number of aliphatic hydroxyl groups is 1. The number of halogens is 6. The molecule has 3 atom stereocenters. The average Bonchev–Trinajstić information content (AvgIpc) is 3.55. The number of fused-ring (bicyclic) bond motifs is 1. The predicted molar refractivity (Wildman–Crippen MR) is 158 cm³/mol. The minimum absolute atomic E-state index is 0.00693. The monoisotopic (exact) mass is 668 g/mol. The topological polar surface area (TPSA) is 102 Å². The number of nitrogens with one attached hydrogen (secondary N) is 1. The van der Waals surface area contributed by atoms with Gasteiger partial charge in [0.25, 0.3) is 11.5 Å². The number of rotatable bonds is 6. The van der Waals surface area contributed by atoms with Crippen molar-refractivity contribution in [1.29, 1.82) is 0 Å². The van der Waals surface area contributed by atoms with Crippen molar-refractivity contribution >= 4 is 29.6 Å². The first-order chi connectivity index (χ1) is 21.8. The van der Waals surface area contributed by atoms with Gasteiger partial charge in [-0.1, -0.05) is 24.3 Å². The predicted octanol–water partition coefficient (Wildman–Crippen LogP) is 4.86. The molecule has 0 radical (unpaired) electrons. The molecule has 3 aliphatic rings. The molecule has 2 aromatic carbocycles. The van der Waals surface area contributed by atoms with Crippen LogP contribution in [0.5, 0.6) is 5.75 Å². The van der Waals surface area contributed by atoms with Crippen LogP contribution < -0.4 is 15.0 Å². The Morgan fingerprint density at radius 1 is 1.04 bits per heavy atom. The van der Waals surface area contributed by atoms with E-state index in [1.807, 2.05) is 0 Å². The third-order valence-corrected chi connectivity index (χ3v) is 9.06. The van der Waals surface area contributed by atoms with Crippen LogP contribution in [0.4, 0.5) is 36.8 Å². The van der Waals surface area contributed by atoms with Crippen LogP contribution in [0.2, 0.25) is 0 Å². The van der Waals surface area contributed by atoms with Gasteiger partial charge in [-0.05, 0) is 68.7 Å². The van der Waals surface area contributed by atoms with Crippen LogP contribution in [-0.2, 0) is 27.1 Å². The van der Waals surface area contributed by atoms with Crippen molar-refractivity contribution in [3.63, 3.8) is 0 Å². The number of hydrogen-bond acceptors (Lipinski definition) is 6. The fourth-order valence-electron chi connectivity index (χ4n) is 6.41. The second-order valence-electron chi connectivity index (χ2n) is 12.2. The highest BCUT2D eigenvalue weighted by atomic mass is 19.4. The molecule has 2 saturated heterocycles. The molecule has 3 heterocycles. The summed E-state index contributed by atoms with van der Waals surface area (Å²) in [5, 5.41) is 12.6. The molecule has 0 saturated carbocycles. The molecule has 0 spiro atoms. The lowest BCUT2D eigenvalue weighted by Crippen LogP contribution is -2.60. The van der Waals surface area contributed by atoms with Gasteiger partial charge >= 0.3 is 18.4 Å². The summed E-state index contributed by atoms with van der Waals surface area (Å²) >= 11 is 0. The molecular formula is C32H34F6N4O5. The number of anilines is 1. The smallest absolute Gasteiger partial charge is 0.430 e. The van der Waals surface area contributed by atoms with Crippen molar-refractivity contribution < 1.29 is 50.6 Å². The Balaban J connectivity index is 1.34. The third kappa shape index (κ3) is 5.68. The quantitative estimate of drug-likeness (QED) is 0.337. The number of allylic oxidation sites excluding steroid dienone is 1. The van der Waals surface area contributed by atoms with Gasteiger partial charge in [0.15, 0.2) is 0 Å². The zero-order valence-corrected chi connectivity index (χ0v) is 26.0. The van der Waals surface area contributed by atoms with Gasteiger partial charge in [0, 0.05) is 42.8 Å². The van der Waals surface area contributed by atoms with Crippen molar-refractivity contribution in [3.8, 4) is 5.75 Å². The Bertz CT molecular complexity index is 1610. The van der Waals surface area contributed by atoms with Crippen molar-refractivity contribution in [1.82, 2.24) is 15.1 Å². The first kappa shape index (κ1) is 34.1. The molecule has 47 heavy (non-hydrogen) atoms. The maximum absolute atomic E-state index is 13.6. The number of urea groups is 1. The molecule has 2 N–H and O–H groups in total. The first-order valence-corrected chi connectivity index (χ1v) is 14.9. The van der Waals surface area contributed by atoms with Gasteiger partial charge in [0.1, 0.15) is 17.8 Å². The number of hydrogen-bond donors (Lipinski definition) is 2. The van der Waals surface area contributed by atoms with Gasteiger partial charge < -0.3 is 25.0 Å². The number of ether oxygens (including phenoxy) is 1. The van der Waals surface area contributed by atoms with Crippen LogP contribution in [0, 0.1) is 0 Å². The summed E-state index contributed by atoms with van der Waals surface area (Å²) in [7, 11) is 0. The van der Waals surface area contributed by atoms with Crippen molar-refractivity contribution in [3.05, 3.63) is 64.7 Å². The lowest BCUT2D eigenvalue weighted by molar-refractivity contribution is -0.376. The van der Waals surface area contributed by atoms with Gasteiger partial charge in [0.05, 0.1) is 6.61 Å². The molecule has 0 aromatic heterocycles. The highest BCUT2D eigenvalue weighted by Gasteiger charge is 2.71. The van der Waals surface area contributed by atoms with Crippen LogP contribution in [0.1, 0.15) is 49.9 Å². The number of amides is 4. The summed E-state index contributed by atoms with van der Waals surface area (Å²) < 4.78 is 87.0. The fraction of sp³-hybridized carbons (Fsp3) is 0.469. The molecule has 15 heteroatoms. The minimum Gasteiger partial charge on any atom is -0.493 e. The number of carbonyl (C=O) groups is 3. The van der Waals surface area contributed by atoms with E-state index in [2.05, 4.69) is 5.32 Å². The molecular weight excluding hydrogens is 634 g/mol. The summed E-state index contributed by atoms with van der Waals surface area (Å²) in [4.78, 5) is 44.1. The van der Waals surface area contributed by atoms with Crippen molar-refractivity contribution in [2.75, 3.05) is 31.1 Å². The second-order valence-corrected chi connectivity index (χ2v) is 12.2. The molecule has 4 amide bonds. The maximum atomic E-state index is 13.6. The van der Waals surface area contributed by atoms with Crippen LogP contribution >= 0.6 is 0 Å². The highest BCUT2D eigenvalue weighted by molar-refractivity contribution is 6.09. The fourth-order valence-corrected chi connectivity index (χ4v) is 6.41. The maximum Gasteiger partial charge on any atom is 0.430 e. The largest absolute Gasteiger partial charge is 0.493 e. The molecule has 5 rings (SSSR count). The number of benzene rings is 2. The van der Waals surface area contributed by atoms with E-state index in [4.69, 9.17) is 4.74 Å².